The maximum absolute atomic E-state index is 12.5. The second kappa shape index (κ2) is 9.00. The topological polar surface area (TPSA) is 36.0 Å². The standard InChI is InChI=1S/C18H35N3O2/c1-15(2)23-10-9-19-5-7-20(8-6-19)14-18(22)21-12-16(3)11-17(4)13-21/h15-17H,5-14H2,1-4H3/t16-,17-/m1/s1. The van der Waals surface area contributed by atoms with Gasteiger partial charge in [-0.25, -0.2) is 0 Å². The fraction of sp³-hybridized carbons (Fsp3) is 0.944. The van der Waals surface area contributed by atoms with Gasteiger partial charge in [-0.3, -0.25) is 14.6 Å². The van der Waals surface area contributed by atoms with E-state index in [1.165, 1.54) is 6.42 Å². The van der Waals surface area contributed by atoms with Gasteiger partial charge in [-0.1, -0.05) is 13.8 Å². The van der Waals surface area contributed by atoms with Crippen LogP contribution in [0.3, 0.4) is 0 Å². The zero-order chi connectivity index (χ0) is 16.8. The van der Waals surface area contributed by atoms with Gasteiger partial charge in [-0.2, -0.15) is 0 Å². The normalized spacial score (nSPS) is 27.6. The number of carbonyl (C=O) groups is 1. The maximum atomic E-state index is 12.5. The summed E-state index contributed by atoms with van der Waals surface area (Å²) in [5.41, 5.74) is 0. The molecule has 0 unspecified atom stereocenters. The summed E-state index contributed by atoms with van der Waals surface area (Å²) in [6.07, 6.45) is 1.56. The van der Waals surface area contributed by atoms with Crippen LogP contribution in [0.4, 0.5) is 0 Å². The molecule has 0 bridgehead atoms. The van der Waals surface area contributed by atoms with Crippen molar-refractivity contribution < 1.29 is 9.53 Å². The molecule has 2 atom stereocenters. The minimum Gasteiger partial charge on any atom is -0.377 e. The second-order valence-corrected chi connectivity index (χ2v) is 7.78. The van der Waals surface area contributed by atoms with Crippen molar-refractivity contribution in [2.24, 2.45) is 11.8 Å². The first-order valence-electron chi connectivity index (χ1n) is 9.28. The Morgan fingerprint density at radius 1 is 1.04 bits per heavy atom. The first-order chi connectivity index (χ1) is 10.9. The fourth-order valence-electron chi connectivity index (χ4n) is 3.75. The SMILES string of the molecule is CC(C)OCCN1CCN(CC(=O)N2C[C@H](C)C[C@@H](C)C2)CC1. The molecule has 2 aliphatic rings. The van der Waals surface area contributed by atoms with E-state index in [1.54, 1.807) is 0 Å². The van der Waals surface area contributed by atoms with Gasteiger partial charge in [0.2, 0.25) is 5.91 Å². The predicted molar refractivity (Wildman–Crippen MR) is 93.5 cm³/mol. The molecular weight excluding hydrogens is 290 g/mol. The second-order valence-electron chi connectivity index (χ2n) is 7.78. The smallest absolute Gasteiger partial charge is 0.236 e. The van der Waals surface area contributed by atoms with Crippen LogP contribution in [0.25, 0.3) is 0 Å². The molecule has 0 aliphatic carbocycles. The van der Waals surface area contributed by atoms with Crippen LogP contribution >= 0.6 is 0 Å². The Labute approximate surface area is 141 Å². The molecule has 0 N–H and O–H groups in total. The highest BCUT2D eigenvalue weighted by molar-refractivity contribution is 5.78. The summed E-state index contributed by atoms with van der Waals surface area (Å²) >= 11 is 0. The Kier molecular flexibility index (Phi) is 7.31. The van der Waals surface area contributed by atoms with Gasteiger partial charge in [0.25, 0.3) is 0 Å². The number of hydrogen-bond acceptors (Lipinski definition) is 4. The molecule has 2 heterocycles. The van der Waals surface area contributed by atoms with Crippen LogP contribution in [0.1, 0.15) is 34.1 Å². The minimum absolute atomic E-state index is 0.309. The van der Waals surface area contributed by atoms with Gasteiger partial charge in [0.05, 0.1) is 19.3 Å². The van der Waals surface area contributed by atoms with Crippen LogP contribution < -0.4 is 0 Å². The molecule has 0 aromatic heterocycles. The molecule has 1 amide bonds. The van der Waals surface area contributed by atoms with Crippen molar-refractivity contribution in [2.75, 3.05) is 59.0 Å². The van der Waals surface area contributed by atoms with Crippen LogP contribution in [-0.2, 0) is 9.53 Å². The Bertz CT molecular complexity index is 357. The molecule has 2 saturated heterocycles. The highest BCUT2D eigenvalue weighted by atomic mass is 16.5. The predicted octanol–water partition coefficient (Wildman–Crippen LogP) is 1.53. The molecule has 5 heteroatoms. The lowest BCUT2D eigenvalue weighted by Gasteiger charge is -2.38. The first-order valence-corrected chi connectivity index (χ1v) is 9.28. The summed E-state index contributed by atoms with van der Waals surface area (Å²) in [6.45, 7) is 17.0. The lowest BCUT2D eigenvalue weighted by Crippen LogP contribution is -2.52. The van der Waals surface area contributed by atoms with Gasteiger partial charge >= 0.3 is 0 Å². The van der Waals surface area contributed by atoms with E-state index in [-0.39, 0.29) is 0 Å². The molecule has 0 aromatic carbocycles. The molecule has 0 spiro atoms. The quantitative estimate of drug-likeness (QED) is 0.742. The molecule has 134 valence electrons. The average Bonchev–Trinajstić information content (AvgIpc) is 2.47. The van der Waals surface area contributed by atoms with Crippen LogP contribution in [0.5, 0.6) is 0 Å². The number of likely N-dealkylation sites (tertiary alicyclic amines) is 1. The van der Waals surface area contributed by atoms with Crippen molar-refractivity contribution in [3.63, 3.8) is 0 Å². The summed E-state index contributed by atoms with van der Waals surface area (Å²) in [4.78, 5) is 19.4. The zero-order valence-electron chi connectivity index (χ0n) is 15.5. The van der Waals surface area contributed by atoms with E-state index < -0.39 is 0 Å². The number of carbonyl (C=O) groups excluding carboxylic acids is 1. The molecular formula is C18H35N3O2. The summed E-state index contributed by atoms with van der Waals surface area (Å²) in [6, 6.07) is 0. The number of hydrogen-bond donors (Lipinski definition) is 0. The molecule has 0 saturated carbocycles. The molecule has 2 aliphatic heterocycles. The van der Waals surface area contributed by atoms with Crippen LogP contribution in [0.2, 0.25) is 0 Å². The summed E-state index contributed by atoms with van der Waals surface area (Å²) in [7, 11) is 0. The van der Waals surface area contributed by atoms with E-state index in [0.29, 0.717) is 30.4 Å². The number of amides is 1. The third-order valence-electron chi connectivity index (χ3n) is 4.90. The monoisotopic (exact) mass is 325 g/mol. The number of piperidine rings is 1. The maximum Gasteiger partial charge on any atom is 0.236 e. The summed E-state index contributed by atoms with van der Waals surface area (Å²) in [5, 5.41) is 0. The number of piperazine rings is 1. The molecule has 5 nitrogen and oxygen atoms in total. The third kappa shape index (κ3) is 6.40. The Morgan fingerprint density at radius 3 is 2.17 bits per heavy atom. The van der Waals surface area contributed by atoms with E-state index >= 15 is 0 Å². The minimum atomic E-state index is 0.309. The van der Waals surface area contributed by atoms with Crippen molar-refractivity contribution in [3.8, 4) is 0 Å². The van der Waals surface area contributed by atoms with Gasteiger partial charge in [0.15, 0.2) is 0 Å². The summed E-state index contributed by atoms with van der Waals surface area (Å²) < 4.78 is 5.62. The Balaban J connectivity index is 1.66. The molecule has 0 aromatic rings. The first kappa shape index (κ1) is 18.7. The highest BCUT2D eigenvalue weighted by Gasteiger charge is 2.27. The number of rotatable bonds is 6. The van der Waals surface area contributed by atoms with Crippen molar-refractivity contribution in [1.82, 2.24) is 14.7 Å². The Morgan fingerprint density at radius 2 is 1.61 bits per heavy atom. The van der Waals surface area contributed by atoms with Crippen molar-refractivity contribution in [2.45, 2.75) is 40.2 Å². The third-order valence-corrected chi connectivity index (χ3v) is 4.90. The van der Waals surface area contributed by atoms with E-state index in [4.69, 9.17) is 4.74 Å². The number of nitrogens with zero attached hydrogens (tertiary/aromatic N) is 3. The van der Waals surface area contributed by atoms with Gasteiger partial charge in [0, 0.05) is 45.8 Å². The summed E-state index contributed by atoms with van der Waals surface area (Å²) in [5.74, 6) is 1.60. The average molecular weight is 325 g/mol. The van der Waals surface area contributed by atoms with Crippen molar-refractivity contribution >= 4 is 5.91 Å². The van der Waals surface area contributed by atoms with Crippen molar-refractivity contribution in [1.29, 1.82) is 0 Å². The van der Waals surface area contributed by atoms with Crippen LogP contribution in [0, 0.1) is 11.8 Å². The number of ether oxygens (including phenoxy) is 1. The largest absolute Gasteiger partial charge is 0.377 e. The van der Waals surface area contributed by atoms with Crippen LogP contribution in [0.15, 0.2) is 0 Å². The van der Waals surface area contributed by atoms with Gasteiger partial charge in [-0.05, 0) is 32.1 Å². The van der Waals surface area contributed by atoms with Gasteiger partial charge in [0.1, 0.15) is 0 Å². The van der Waals surface area contributed by atoms with Crippen molar-refractivity contribution in [3.05, 3.63) is 0 Å². The van der Waals surface area contributed by atoms with Gasteiger partial charge < -0.3 is 9.64 Å². The van der Waals surface area contributed by atoms with Gasteiger partial charge in [-0.15, -0.1) is 0 Å². The van der Waals surface area contributed by atoms with E-state index in [0.717, 1.165) is 52.4 Å². The highest BCUT2D eigenvalue weighted by Crippen LogP contribution is 2.21. The molecule has 23 heavy (non-hydrogen) atoms. The molecule has 2 rings (SSSR count). The lowest BCUT2D eigenvalue weighted by atomic mass is 9.92. The fourth-order valence-corrected chi connectivity index (χ4v) is 3.75. The van der Waals surface area contributed by atoms with Crippen LogP contribution in [-0.4, -0.2) is 85.7 Å². The molecule has 2 fully saturated rings. The Hall–Kier alpha value is -0.650. The molecule has 0 radical (unpaired) electrons. The lowest BCUT2D eigenvalue weighted by molar-refractivity contribution is -0.135. The zero-order valence-corrected chi connectivity index (χ0v) is 15.5. The van der Waals surface area contributed by atoms with E-state index in [1.807, 2.05) is 0 Å². The van der Waals surface area contributed by atoms with E-state index in [2.05, 4.69) is 42.4 Å². The van der Waals surface area contributed by atoms with E-state index in [9.17, 15) is 4.79 Å².